The number of anilines is 1. The minimum absolute atomic E-state index is 0.180. The highest BCUT2D eigenvalue weighted by Crippen LogP contribution is 2.66. The minimum Gasteiger partial charge on any atom is -0.399 e. The van der Waals surface area contributed by atoms with E-state index in [-0.39, 0.29) is 23.7 Å². The molecule has 4 aliphatic rings. The van der Waals surface area contributed by atoms with Crippen molar-refractivity contribution in [3.63, 3.8) is 0 Å². The van der Waals surface area contributed by atoms with Gasteiger partial charge in [-0.05, 0) is 85.3 Å². The van der Waals surface area contributed by atoms with Crippen LogP contribution in [0.15, 0.2) is 47.1 Å². The number of nitrogen functional groups attached to an aromatic ring is 1. The molecule has 2 fully saturated rings. The molecule has 5 atom stereocenters. The summed E-state index contributed by atoms with van der Waals surface area (Å²) in [5.74, 6) is 6.98. The van der Waals surface area contributed by atoms with Crippen molar-refractivity contribution in [1.29, 1.82) is 0 Å². The lowest BCUT2D eigenvalue weighted by Gasteiger charge is -2.53. The Morgan fingerprint density at radius 1 is 1.16 bits per heavy atom. The summed E-state index contributed by atoms with van der Waals surface area (Å²) >= 11 is 0. The van der Waals surface area contributed by atoms with E-state index < -0.39 is 5.60 Å². The molecule has 0 unspecified atom stereocenters. The molecule has 5 rings (SSSR count). The molecule has 1 aromatic carbocycles. The van der Waals surface area contributed by atoms with Gasteiger partial charge in [0.25, 0.3) is 0 Å². The Hall–Kier alpha value is -2.35. The predicted molar refractivity (Wildman–Crippen MR) is 121 cm³/mol. The molecule has 162 valence electrons. The number of aliphatic hydroxyl groups is 2. The number of hydrogen-bond donors (Lipinski definition) is 3. The van der Waals surface area contributed by atoms with Gasteiger partial charge in [0, 0.05) is 23.4 Å². The van der Waals surface area contributed by atoms with E-state index in [1.165, 1.54) is 22.3 Å². The zero-order valence-corrected chi connectivity index (χ0v) is 18.2. The molecule has 4 N–H and O–H groups in total. The fourth-order valence-electron chi connectivity index (χ4n) is 7.08. The van der Waals surface area contributed by atoms with E-state index in [2.05, 4.69) is 30.9 Å². The Labute approximate surface area is 184 Å². The Morgan fingerprint density at radius 3 is 2.68 bits per heavy atom. The first-order chi connectivity index (χ1) is 14.9. The smallest absolute Gasteiger partial charge is 0.156 e. The van der Waals surface area contributed by atoms with Gasteiger partial charge in [0.2, 0.25) is 0 Å². The highest BCUT2D eigenvalue weighted by atomic mass is 16.3. The fraction of sp³-hybridized carbons (Fsp3) is 0.519. The Morgan fingerprint density at radius 2 is 1.94 bits per heavy atom. The van der Waals surface area contributed by atoms with Crippen LogP contribution < -0.4 is 5.73 Å². The summed E-state index contributed by atoms with van der Waals surface area (Å²) in [6.45, 7) is 1.98. The Balaban J connectivity index is 1.68. The first-order valence-corrected chi connectivity index (χ1v) is 11.5. The maximum absolute atomic E-state index is 12.1. The summed E-state index contributed by atoms with van der Waals surface area (Å²) in [5.41, 5.74) is 10.7. The van der Waals surface area contributed by atoms with Gasteiger partial charge in [-0.25, -0.2) is 0 Å². The number of fused-ring (bicyclic) bond motifs is 4. The first kappa shape index (κ1) is 20.5. The van der Waals surface area contributed by atoms with Crippen LogP contribution in [0.25, 0.3) is 0 Å². The molecule has 0 heterocycles. The van der Waals surface area contributed by atoms with Gasteiger partial charge in [0.1, 0.15) is 12.2 Å². The average molecular weight is 418 g/mol. The molecule has 2 saturated carbocycles. The number of aliphatic hydroxyl groups excluding tert-OH is 1. The van der Waals surface area contributed by atoms with Crippen molar-refractivity contribution < 1.29 is 15.0 Å². The summed E-state index contributed by atoms with van der Waals surface area (Å²) in [6.07, 6.45) is 7.68. The van der Waals surface area contributed by atoms with E-state index in [0.29, 0.717) is 24.7 Å². The molecule has 4 nitrogen and oxygen atoms in total. The van der Waals surface area contributed by atoms with Crippen LogP contribution in [0.2, 0.25) is 0 Å². The Bertz CT molecular complexity index is 1040. The molecule has 4 aliphatic carbocycles. The van der Waals surface area contributed by atoms with E-state index in [4.69, 9.17) is 5.73 Å². The number of carbonyl (C=O) groups is 1. The first-order valence-electron chi connectivity index (χ1n) is 11.5. The summed E-state index contributed by atoms with van der Waals surface area (Å²) < 4.78 is 0. The summed E-state index contributed by atoms with van der Waals surface area (Å²) in [6, 6.07) is 8.15. The number of benzene rings is 1. The topological polar surface area (TPSA) is 83.6 Å². The molecule has 0 radical (unpaired) electrons. The normalized spacial score (nSPS) is 36.7. The summed E-state index contributed by atoms with van der Waals surface area (Å²) in [5, 5.41) is 20.9. The molecule has 0 aromatic heterocycles. The van der Waals surface area contributed by atoms with Gasteiger partial charge in [0.05, 0.1) is 0 Å². The maximum Gasteiger partial charge on any atom is 0.156 e. The van der Waals surface area contributed by atoms with Gasteiger partial charge in [-0.3, -0.25) is 4.79 Å². The van der Waals surface area contributed by atoms with Gasteiger partial charge >= 0.3 is 0 Å². The number of rotatable bonds is 1. The molecule has 0 amide bonds. The van der Waals surface area contributed by atoms with Crippen LogP contribution in [0.1, 0.15) is 63.4 Å². The van der Waals surface area contributed by atoms with E-state index in [9.17, 15) is 15.0 Å². The van der Waals surface area contributed by atoms with Crippen LogP contribution in [0.3, 0.4) is 0 Å². The number of hydrogen-bond acceptors (Lipinski definition) is 4. The monoisotopic (exact) mass is 417 g/mol. The third-order valence-electron chi connectivity index (χ3n) is 8.60. The van der Waals surface area contributed by atoms with Crippen molar-refractivity contribution in [1.82, 2.24) is 0 Å². The van der Waals surface area contributed by atoms with Crippen molar-refractivity contribution in [3.8, 4) is 11.8 Å². The SMILES string of the molecule is C[C@]12C[C@H](c3ccc(N)cc3)C3=C4CCC(=O)C=C4CC[C@H]3[C@@H]1CC[C@@]2(O)C#CCO. The maximum atomic E-state index is 12.1. The lowest BCUT2D eigenvalue weighted by atomic mass is 9.51. The predicted octanol–water partition coefficient (Wildman–Crippen LogP) is 3.90. The van der Waals surface area contributed by atoms with E-state index in [1.54, 1.807) is 0 Å². The van der Waals surface area contributed by atoms with Crippen molar-refractivity contribution in [2.45, 2.75) is 63.4 Å². The second kappa shape index (κ2) is 7.36. The number of ketones is 1. The number of allylic oxidation sites excluding steroid dienone is 4. The van der Waals surface area contributed by atoms with Gasteiger partial charge in [-0.2, -0.15) is 0 Å². The molecule has 0 aliphatic heterocycles. The standard InChI is InChI=1S/C27H31NO3/c1-26-16-23(17-3-6-19(28)7-4-17)25-21-10-8-20(30)15-18(21)5-9-22(25)24(26)11-13-27(26,31)12-2-14-29/h3-4,6-7,15,22-24,29,31H,5,8-11,13-14,16,28H2,1H3/t22-,23+,24-,26-,27-/m0/s1. The summed E-state index contributed by atoms with van der Waals surface area (Å²) in [7, 11) is 0. The number of nitrogens with two attached hydrogens (primary N) is 1. The van der Waals surface area contributed by atoms with E-state index in [0.717, 1.165) is 37.8 Å². The minimum atomic E-state index is -1.08. The van der Waals surface area contributed by atoms with Gasteiger partial charge < -0.3 is 15.9 Å². The highest BCUT2D eigenvalue weighted by molar-refractivity contribution is 5.93. The highest BCUT2D eigenvalue weighted by Gasteiger charge is 2.62. The van der Waals surface area contributed by atoms with Gasteiger partial charge in [-0.15, -0.1) is 0 Å². The van der Waals surface area contributed by atoms with Crippen molar-refractivity contribution >= 4 is 11.5 Å². The number of carbonyl (C=O) groups excluding carboxylic acids is 1. The van der Waals surface area contributed by atoms with Crippen molar-refractivity contribution in [2.24, 2.45) is 17.3 Å². The van der Waals surface area contributed by atoms with Crippen LogP contribution in [-0.2, 0) is 4.79 Å². The lowest BCUT2D eigenvalue weighted by molar-refractivity contribution is -0.114. The molecule has 0 bridgehead atoms. The van der Waals surface area contributed by atoms with Crippen LogP contribution in [0.4, 0.5) is 5.69 Å². The summed E-state index contributed by atoms with van der Waals surface area (Å²) in [4.78, 5) is 12.1. The van der Waals surface area contributed by atoms with Crippen molar-refractivity contribution in [3.05, 3.63) is 52.6 Å². The molecular weight excluding hydrogens is 386 g/mol. The average Bonchev–Trinajstić information content (AvgIpc) is 3.02. The van der Waals surface area contributed by atoms with Crippen LogP contribution in [-0.4, -0.2) is 28.2 Å². The molecule has 4 heteroatoms. The zero-order chi connectivity index (χ0) is 21.8. The van der Waals surface area contributed by atoms with Crippen molar-refractivity contribution in [2.75, 3.05) is 12.3 Å². The van der Waals surface area contributed by atoms with Gasteiger partial charge in [-0.1, -0.05) is 36.5 Å². The molecule has 0 spiro atoms. The molecular formula is C27H31NO3. The Kier molecular flexibility index (Phi) is 4.88. The molecule has 0 saturated heterocycles. The van der Waals surface area contributed by atoms with Crippen LogP contribution in [0.5, 0.6) is 0 Å². The third kappa shape index (κ3) is 3.10. The second-order valence-corrected chi connectivity index (χ2v) is 10.0. The third-order valence-corrected chi connectivity index (χ3v) is 8.60. The largest absolute Gasteiger partial charge is 0.399 e. The lowest BCUT2D eigenvalue weighted by Crippen LogP contribution is -2.51. The van der Waals surface area contributed by atoms with Crippen LogP contribution >= 0.6 is 0 Å². The molecule has 31 heavy (non-hydrogen) atoms. The van der Waals surface area contributed by atoms with Gasteiger partial charge in [0.15, 0.2) is 5.78 Å². The zero-order valence-electron chi connectivity index (χ0n) is 18.2. The molecule has 1 aromatic rings. The van der Waals surface area contributed by atoms with E-state index in [1.807, 2.05) is 18.2 Å². The quantitative estimate of drug-likeness (QED) is 0.478. The fourth-order valence-corrected chi connectivity index (χ4v) is 7.08. The van der Waals surface area contributed by atoms with E-state index >= 15 is 0 Å². The second-order valence-electron chi connectivity index (χ2n) is 10.0. The van der Waals surface area contributed by atoms with Crippen LogP contribution in [0, 0.1) is 29.1 Å².